The van der Waals surface area contributed by atoms with Crippen molar-refractivity contribution in [3.8, 4) is 0 Å². The molecule has 1 heterocycles. The summed E-state index contributed by atoms with van der Waals surface area (Å²) in [7, 11) is -3.76. The van der Waals surface area contributed by atoms with Gasteiger partial charge >= 0.3 is 0 Å². The molecule has 1 saturated carbocycles. The van der Waals surface area contributed by atoms with Crippen LogP contribution in [0.4, 0.5) is 0 Å². The Labute approximate surface area is 175 Å². The van der Waals surface area contributed by atoms with Gasteiger partial charge in [0.05, 0.1) is 4.90 Å². The molecule has 1 spiro atoms. The van der Waals surface area contributed by atoms with Crippen molar-refractivity contribution in [2.75, 3.05) is 6.54 Å². The van der Waals surface area contributed by atoms with Gasteiger partial charge in [-0.05, 0) is 49.8 Å². The first-order valence-corrected chi connectivity index (χ1v) is 12.0. The summed E-state index contributed by atoms with van der Waals surface area (Å²) in [6.07, 6.45) is 2.40. The van der Waals surface area contributed by atoms with Crippen LogP contribution in [0.1, 0.15) is 42.7 Å². The minimum absolute atomic E-state index is 0.0330. The van der Waals surface area contributed by atoms with E-state index in [0.717, 1.165) is 17.5 Å². The van der Waals surface area contributed by atoms with Gasteiger partial charge in [0.2, 0.25) is 10.0 Å². The molecule has 4 nitrogen and oxygen atoms in total. The summed E-state index contributed by atoms with van der Waals surface area (Å²) in [6, 6.07) is 17.0. The summed E-state index contributed by atoms with van der Waals surface area (Å²) in [5.41, 5.74) is 1.14. The molecule has 2 aromatic rings. The van der Waals surface area contributed by atoms with Crippen molar-refractivity contribution in [3.63, 3.8) is 0 Å². The number of aryl methyl sites for hydroxylation is 1. The zero-order valence-corrected chi connectivity index (χ0v) is 18.2. The monoisotopic (exact) mass is 461 g/mol. The number of halogens is 1. The van der Waals surface area contributed by atoms with Crippen LogP contribution in [0.5, 0.6) is 0 Å². The SMILES string of the molecule is Cc1ccc(S(=O)(=O)N2CC[C@@H](c3ccccc3)[C@H](Br)[C@@]23CCCC3=O)cc1. The quantitative estimate of drug-likeness (QED) is 0.635. The average Bonchev–Trinajstić information content (AvgIpc) is 3.06. The van der Waals surface area contributed by atoms with E-state index in [1.807, 2.05) is 25.1 Å². The number of hydrogen-bond donors (Lipinski definition) is 0. The van der Waals surface area contributed by atoms with E-state index >= 15 is 0 Å². The molecule has 0 radical (unpaired) electrons. The van der Waals surface area contributed by atoms with Gasteiger partial charge < -0.3 is 0 Å². The smallest absolute Gasteiger partial charge is 0.244 e. The predicted molar refractivity (Wildman–Crippen MR) is 113 cm³/mol. The minimum Gasteiger partial charge on any atom is -0.298 e. The standard InChI is InChI=1S/C22H24BrNO3S/c1-16-9-11-18(12-10-16)28(26,27)24-15-13-19(17-6-3-2-4-7-17)21(23)22(24)14-5-8-20(22)25/h2-4,6-7,9-12,19,21H,5,8,13-15H2,1H3/t19-,21-,22-/m0/s1. The number of carbonyl (C=O) groups excluding carboxylic acids is 1. The van der Waals surface area contributed by atoms with Crippen molar-refractivity contribution in [2.24, 2.45) is 0 Å². The summed E-state index contributed by atoms with van der Waals surface area (Å²) in [6.45, 7) is 2.28. The largest absolute Gasteiger partial charge is 0.298 e. The zero-order valence-electron chi connectivity index (χ0n) is 15.8. The fraction of sp³-hybridized carbons (Fsp3) is 0.409. The fourth-order valence-electron chi connectivity index (χ4n) is 4.71. The van der Waals surface area contributed by atoms with E-state index in [-0.39, 0.29) is 21.4 Å². The molecule has 1 saturated heterocycles. The van der Waals surface area contributed by atoms with Gasteiger partial charge in [-0.25, -0.2) is 8.42 Å². The maximum Gasteiger partial charge on any atom is 0.244 e. The van der Waals surface area contributed by atoms with Crippen LogP contribution in [0, 0.1) is 6.92 Å². The normalized spacial score (nSPS) is 28.7. The number of hydrogen-bond acceptors (Lipinski definition) is 3. The summed E-state index contributed by atoms with van der Waals surface area (Å²) in [5, 5.41) is 0. The van der Waals surface area contributed by atoms with Gasteiger partial charge in [0.25, 0.3) is 0 Å². The summed E-state index contributed by atoms with van der Waals surface area (Å²) in [5.74, 6) is 0.137. The summed E-state index contributed by atoms with van der Waals surface area (Å²) >= 11 is 3.81. The first-order chi connectivity index (χ1) is 13.4. The van der Waals surface area contributed by atoms with E-state index in [1.54, 1.807) is 24.3 Å². The Morgan fingerprint density at radius 1 is 1.07 bits per heavy atom. The maximum absolute atomic E-state index is 13.5. The van der Waals surface area contributed by atoms with Crippen LogP contribution in [0.15, 0.2) is 59.5 Å². The van der Waals surface area contributed by atoms with E-state index in [4.69, 9.17) is 0 Å². The Kier molecular flexibility index (Phi) is 5.23. The Balaban J connectivity index is 1.78. The summed E-state index contributed by atoms with van der Waals surface area (Å²) < 4.78 is 28.6. The van der Waals surface area contributed by atoms with Crippen LogP contribution in [0.2, 0.25) is 0 Å². The van der Waals surface area contributed by atoms with E-state index in [0.29, 0.717) is 25.8 Å². The number of ketones is 1. The number of alkyl halides is 1. The predicted octanol–water partition coefficient (Wildman–Crippen LogP) is 4.43. The molecule has 2 fully saturated rings. The molecule has 6 heteroatoms. The number of benzene rings is 2. The second-order valence-electron chi connectivity index (χ2n) is 7.80. The van der Waals surface area contributed by atoms with E-state index < -0.39 is 15.6 Å². The van der Waals surface area contributed by atoms with E-state index in [1.165, 1.54) is 4.31 Å². The van der Waals surface area contributed by atoms with Gasteiger partial charge in [0.1, 0.15) is 5.54 Å². The lowest BCUT2D eigenvalue weighted by atomic mass is 9.77. The van der Waals surface area contributed by atoms with Crippen LogP contribution in [-0.4, -0.2) is 35.4 Å². The topological polar surface area (TPSA) is 54.5 Å². The lowest BCUT2D eigenvalue weighted by Gasteiger charge is -2.49. The molecule has 148 valence electrons. The van der Waals surface area contributed by atoms with Crippen molar-refractivity contribution < 1.29 is 13.2 Å². The molecule has 0 unspecified atom stereocenters. The molecular weight excluding hydrogens is 438 g/mol. The zero-order chi connectivity index (χ0) is 19.9. The number of Topliss-reactive ketones (excluding diaryl/α,β-unsaturated/α-hetero) is 1. The molecule has 2 aliphatic rings. The van der Waals surface area contributed by atoms with Gasteiger partial charge in [-0.1, -0.05) is 64.0 Å². The van der Waals surface area contributed by atoms with Gasteiger partial charge in [-0.3, -0.25) is 4.79 Å². The third-order valence-electron chi connectivity index (χ3n) is 6.18. The molecule has 0 bridgehead atoms. The van der Waals surface area contributed by atoms with Crippen LogP contribution < -0.4 is 0 Å². The van der Waals surface area contributed by atoms with Crippen molar-refractivity contribution in [1.82, 2.24) is 4.31 Å². The van der Waals surface area contributed by atoms with Crippen molar-refractivity contribution in [2.45, 2.75) is 53.8 Å². The van der Waals surface area contributed by atoms with E-state index in [9.17, 15) is 13.2 Å². The average molecular weight is 462 g/mol. The van der Waals surface area contributed by atoms with Crippen LogP contribution in [0.25, 0.3) is 0 Å². The summed E-state index contributed by atoms with van der Waals surface area (Å²) in [4.78, 5) is 13.2. The van der Waals surface area contributed by atoms with Crippen LogP contribution in [0.3, 0.4) is 0 Å². The van der Waals surface area contributed by atoms with Crippen LogP contribution >= 0.6 is 15.9 Å². The molecule has 3 atom stereocenters. The second kappa shape index (κ2) is 7.39. The third-order valence-corrected chi connectivity index (χ3v) is 9.53. The van der Waals surface area contributed by atoms with Gasteiger partial charge in [0.15, 0.2) is 5.78 Å². The first kappa shape index (κ1) is 19.8. The number of rotatable bonds is 3. The highest BCUT2D eigenvalue weighted by molar-refractivity contribution is 9.09. The van der Waals surface area contributed by atoms with Crippen molar-refractivity contribution >= 4 is 31.7 Å². The molecule has 0 amide bonds. The van der Waals surface area contributed by atoms with Gasteiger partial charge in [0, 0.05) is 17.8 Å². The molecule has 0 aromatic heterocycles. The molecule has 2 aromatic carbocycles. The molecule has 0 N–H and O–H groups in total. The first-order valence-electron chi connectivity index (χ1n) is 9.69. The highest BCUT2D eigenvalue weighted by Gasteiger charge is 2.59. The number of nitrogens with zero attached hydrogens (tertiary/aromatic N) is 1. The Hall–Kier alpha value is -1.50. The molecule has 1 aliphatic carbocycles. The minimum atomic E-state index is -3.76. The fourth-order valence-corrected chi connectivity index (χ4v) is 7.96. The Morgan fingerprint density at radius 2 is 1.75 bits per heavy atom. The van der Waals surface area contributed by atoms with Gasteiger partial charge in [-0.2, -0.15) is 4.31 Å². The Morgan fingerprint density at radius 3 is 2.36 bits per heavy atom. The van der Waals surface area contributed by atoms with E-state index in [2.05, 4.69) is 28.1 Å². The molecule has 4 rings (SSSR count). The second-order valence-corrected chi connectivity index (χ2v) is 10.6. The molecule has 1 aliphatic heterocycles. The number of sulfonamides is 1. The lowest BCUT2D eigenvalue weighted by molar-refractivity contribution is -0.126. The lowest BCUT2D eigenvalue weighted by Crippen LogP contribution is -2.64. The molecular formula is C22H24BrNO3S. The highest BCUT2D eigenvalue weighted by atomic mass is 79.9. The maximum atomic E-state index is 13.5. The van der Waals surface area contributed by atoms with Crippen molar-refractivity contribution in [3.05, 3.63) is 65.7 Å². The van der Waals surface area contributed by atoms with Gasteiger partial charge in [-0.15, -0.1) is 0 Å². The third kappa shape index (κ3) is 3.06. The molecule has 28 heavy (non-hydrogen) atoms. The number of carbonyl (C=O) groups is 1. The number of piperidine rings is 1. The highest BCUT2D eigenvalue weighted by Crippen LogP contribution is 2.50. The Bertz CT molecular complexity index is 975. The van der Waals surface area contributed by atoms with Crippen LogP contribution in [-0.2, 0) is 14.8 Å². The van der Waals surface area contributed by atoms with Crippen molar-refractivity contribution in [1.29, 1.82) is 0 Å².